The van der Waals surface area contributed by atoms with E-state index in [4.69, 9.17) is 15.0 Å². The summed E-state index contributed by atoms with van der Waals surface area (Å²) in [6, 6.07) is 1.51. The summed E-state index contributed by atoms with van der Waals surface area (Å²) in [5.41, 5.74) is 5.21. The Hall–Kier alpha value is -2.75. The molecule has 2 aromatic heterocycles. The van der Waals surface area contributed by atoms with Crippen molar-refractivity contribution in [2.45, 2.75) is 45.4 Å². The van der Waals surface area contributed by atoms with Crippen LogP contribution in [-0.4, -0.2) is 34.5 Å². The molecule has 2 aromatic rings. The van der Waals surface area contributed by atoms with E-state index < -0.39 is 24.4 Å². The van der Waals surface area contributed by atoms with Crippen LogP contribution in [0.3, 0.4) is 0 Å². The SMILES string of the molecule is CC(C)(C)c1noc(CCCC(=O)OCC(=O)Nc2sccc2C(N)=O)n1. The van der Waals surface area contributed by atoms with E-state index in [9.17, 15) is 14.4 Å². The summed E-state index contributed by atoms with van der Waals surface area (Å²) in [6.07, 6.45) is 1.02. The lowest BCUT2D eigenvalue weighted by Crippen LogP contribution is -2.22. The first-order valence-corrected chi connectivity index (χ1v) is 9.20. The number of nitrogens with zero attached hydrogens (tertiary/aromatic N) is 2. The third-order valence-electron chi connectivity index (χ3n) is 3.46. The first-order valence-electron chi connectivity index (χ1n) is 8.32. The van der Waals surface area contributed by atoms with Gasteiger partial charge < -0.3 is 20.3 Å². The number of esters is 1. The second kappa shape index (κ2) is 8.76. The Labute approximate surface area is 160 Å². The molecule has 146 valence electrons. The number of primary amides is 1. The van der Waals surface area contributed by atoms with Gasteiger partial charge in [0.1, 0.15) is 5.00 Å². The van der Waals surface area contributed by atoms with Crippen LogP contribution in [0.5, 0.6) is 0 Å². The zero-order chi connectivity index (χ0) is 20.0. The molecular formula is C17H22N4O5S. The van der Waals surface area contributed by atoms with Crippen LogP contribution in [-0.2, 0) is 26.2 Å². The fourth-order valence-electron chi connectivity index (χ4n) is 2.03. The number of amides is 2. The van der Waals surface area contributed by atoms with Gasteiger partial charge in [-0.2, -0.15) is 4.98 Å². The van der Waals surface area contributed by atoms with Gasteiger partial charge in [-0.3, -0.25) is 14.4 Å². The average molecular weight is 394 g/mol. The molecule has 0 spiro atoms. The molecule has 2 heterocycles. The molecule has 0 aromatic carbocycles. The Morgan fingerprint density at radius 3 is 2.70 bits per heavy atom. The van der Waals surface area contributed by atoms with E-state index >= 15 is 0 Å². The van der Waals surface area contributed by atoms with Crippen LogP contribution in [0, 0.1) is 0 Å². The molecule has 0 saturated carbocycles. The molecule has 27 heavy (non-hydrogen) atoms. The standard InChI is InChI=1S/C17H22N4O5S/c1-17(2,3)16-20-12(26-21-16)5-4-6-13(23)25-9-11(22)19-15-10(14(18)24)7-8-27-15/h7-8H,4-6,9H2,1-3H3,(H2,18,24)(H,19,22). The highest BCUT2D eigenvalue weighted by atomic mass is 32.1. The Bertz CT molecular complexity index is 821. The number of nitrogens with two attached hydrogens (primary N) is 1. The summed E-state index contributed by atoms with van der Waals surface area (Å²) in [6.45, 7) is 5.50. The van der Waals surface area contributed by atoms with Crippen LogP contribution in [0.2, 0.25) is 0 Å². The topological polar surface area (TPSA) is 137 Å². The van der Waals surface area contributed by atoms with Crippen LogP contribution >= 0.6 is 11.3 Å². The van der Waals surface area contributed by atoms with Crippen molar-refractivity contribution >= 4 is 34.1 Å². The fraction of sp³-hybridized carbons (Fsp3) is 0.471. The molecule has 0 radical (unpaired) electrons. The van der Waals surface area contributed by atoms with E-state index in [1.807, 2.05) is 20.8 Å². The second-order valence-electron chi connectivity index (χ2n) is 6.85. The van der Waals surface area contributed by atoms with Gasteiger partial charge in [-0.15, -0.1) is 11.3 Å². The van der Waals surface area contributed by atoms with E-state index in [1.54, 1.807) is 5.38 Å². The van der Waals surface area contributed by atoms with Gasteiger partial charge >= 0.3 is 5.97 Å². The molecule has 0 bridgehead atoms. The highest BCUT2D eigenvalue weighted by Gasteiger charge is 2.21. The lowest BCUT2D eigenvalue weighted by molar-refractivity contribution is -0.147. The minimum atomic E-state index is -0.640. The van der Waals surface area contributed by atoms with Gasteiger partial charge in [0.15, 0.2) is 12.4 Å². The van der Waals surface area contributed by atoms with Gasteiger partial charge in [-0.05, 0) is 17.9 Å². The predicted octanol–water partition coefficient (Wildman–Crippen LogP) is 2.03. The van der Waals surface area contributed by atoms with Crippen LogP contribution in [0.25, 0.3) is 0 Å². The molecule has 2 rings (SSSR count). The number of aromatic nitrogens is 2. The quantitative estimate of drug-likeness (QED) is 0.653. The molecule has 0 saturated heterocycles. The molecule has 0 aliphatic heterocycles. The van der Waals surface area contributed by atoms with Gasteiger partial charge in [-0.1, -0.05) is 25.9 Å². The van der Waals surface area contributed by atoms with Gasteiger partial charge in [-0.25, -0.2) is 0 Å². The predicted molar refractivity (Wildman–Crippen MR) is 98.4 cm³/mol. The summed E-state index contributed by atoms with van der Waals surface area (Å²) in [5.74, 6) is -0.621. The van der Waals surface area contributed by atoms with E-state index in [-0.39, 0.29) is 17.4 Å². The summed E-state index contributed by atoms with van der Waals surface area (Å²) < 4.78 is 10.1. The number of anilines is 1. The molecule has 0 atom stereocenters. The van der Waals surface area contributed by atoms with Crippen LogP contribution in [0.1, 0.15) is 55.7 Å². The molecule has 9 nitrogen and oxygen atoms in total. The third-order valence-corrected chi connectivity index (χ3v) is 4.29. The number of carbonyl (C=O) groups is 3. The Morgan fingerprint density at radius 1 is 1.33 bits per heavy atom. The smallest absolute Gasteiger partial charge is 0.306 e. The van der Waals surface area contributed by atoms with E-state index in [2.05, 4.69) is 15.5 Å². The zero-order valence-electron chi connectivity index (χ0n) is 15.4. The van der Waals surface area contributed by atoms with Crippen molar-refractivity contribution < 1.29 is 23.6 Å². The lowest BCUT2D eigenvalue weighted by Gasteiger charge is -2.10. The van der Waals surface area contributed by atoms with Gasteiger partial charge in [0.2, 0.25) is 5.89 Å². The molecular weight excluding hydrogens is 372 g/mol. The first-order chi connectivity index (χ1) is 12.7. The van der Waals surface area contributed by atoms with Crippen molar-refractivity contribution in [1.82, 2.24) is 10.1 Å². The monoisotopic (exact) mass is 394 g/mol. The number of aryl methyl sites for hydroxylation is 1. The maximum atomic E-state index is 11.8. The number of carbonyl (C=O) groups excluding carboxylic acids is 3. The summed E-state index contributed by atoms with van der Waals surface area (Å²) in [4.78, 5) is 39.0. The number of nitrogens with one attached hydrogen (secondary N) is 1. The Balaban J connectivity index is 1.70. The number of rotatable bonds is 8. The number of ether oxygens (including phenoxy) is 1. The van der Waals surface area contributed by atoms with E-state index in [0.717, 1.165) is 11.3 Å². The molecule has 0 aliphatic rings. The largest absolute Gasteiger partial charge is 0.456 e. The maximum Gasteiger partial charge on any atom is 0.306 e. The second-order valence-corrected chi connectivity index (χ2v) is 7.77. The number of thiophene rings is 1. The van der Waals surface area contributed by atoms with E-state index in [0.29, 0.717) is 29.6 Å². The molecule has 0 aliphatic carbocycles. The van der Waals surface area contributed by atoms with Gasteiger partial charge in [0.05, 0.1) is 5.56 Å². The van der Waals surface area contributed by atoms with Crippen molar-refractivity contribution in [1.29, 1.82) is 0 Å². The Kier molecular flexibility index (Phi) is 6.67. The average Bonchev–Trinajstić information content (AvgIpc) is 3.22. The van der Waals surface area contributed by atoms with Gasteiger partial charge in [0, 0.05) is 18.3 Å². The summed E-state index contributed by atoms with van der Waals surface area (Å²) in [7, 11) is 0. The molecule has 2 amide bonds. The van der Waals surface area contributed by atoms with Gasteiger partial charge in [0.25, 0.3) is 11.8 Å². The maximum absolute atomic E-state index is 11.8. The van der Waals surface area contributed by atoms with Crippen molar-refractivity contribution in [3.05, 3.63) is 28.7 Å². The Morgan fingerprint density at radius 2 is 2.07 bits per heavy atom. The van der Waals surface area contributed by atoms with Crippen molar-refractivity contribution in [3.8, 4) is 0 Å². The first kappa shape index (κ1) is 20.6. The van der Waals surface area contributed by atoms with Crippen molar-refractivity contribution in [2.75, 3.05) is 11.9 Å². The van der Waals surface area contributed by atoms with Crippen molar-refractivity contribution in [2.24, 2.45) is 5.73 Å². The summed E-state index contributed by atoms with van der Waals surface area (Å²) in [5, 5.41) is 8.36. The molecule has 0 fully saturated rings. The lowest BCUT2D eigenvalue weighted by atomic mass is 9.96. The highest BCUT2D eigenvalue weighted by molar-refractivity contribution is 7.14. The third kappa shape index (κ3) is 6.17. The number of hydrogen-bond acceptors (Lipinski definition) is 8. The van der Waals surface area contributed by atoms with Crippen LogP contribution < -0.4 is 11.1 Å². The minimum absolute atomic E-state index is 0.117. The minimum Gasteiger partial charge on any atom is -0.456 e. The normalized spacial score (nSPS) is 11.2. The van der Waals surface area contributed by atoms with E-state index in [1.165, 1.54) is 6.07 Å². The molecule has 10 heteroatoms. The van der Waals surface area contributed by atoms with Crippen LogP contribution in [0.4, 0.5) is 5.00 Å². The summed E-state index contributed by atoms with van der Waals surface area (Å²) >= 11 is 1.16. The zero-order valence-corrected chi connectivity index (χ0v) is 16.2. The van der Waals surface area contributed by atoms with Crippen molar-refractivity contribution in [3.63, 3.8) is 0 Å². The molecule has 3 N–H and O–H groups in total. The molecule has 0 unspecified atom stereocenters. The highest BCUT2D eigenvalue weighted by Crippen LogP contribution is 2.22. The fourth-order valence-corrected chi connectivity index (χ4v) is 2.83. The van der Waals surface area contributed by atoms with Crippen LogP contribution in [0.15, 0.2) is 16.0 Å². The number of hydrogen-bond donors (Lipinski definition) is 2.